The Morgan fingerprint density at radius 2 is 1.87 bits per heavy atom. The Morgan fingerprint density at radius 3 is 2.53 bits per heavy atom. The van der Waals surface area contributed by atoms with E-state index in [2.05, 4.69) is 49.8 Å². The highest BCUT2D eigenvalue weighted by Gasteiger charge is 2.06. The lowest BCUT2D eigenvalue weighted by Crippen LogP contribution is -1.96. The molecule has 0 fully saturated rings. The van der Waals surface area contributed by atoms with E-state index >= 15 is 0 Å². The van der Waals surface area contributed by atoms with E-state index in [9.17, 15) is 0 Å². The van der Waals surface area contributed by atoms with Gasteiger partial charge in [0.25, 0.3) is 0 Å². The lowest BCUT2D eigenvalue weighted by molar-refractivity contribution is 0.826. The van der Waals surface area contributed by atoms with Crippen LogP contribution in [0.4, 0.5) is 0 Å². The second-order valence-corrected chi connectivity index (χ2v) is 4.40. The summed E-state index contributed by atoms with van der Waals surface area (Å²) in [6.45, 7) is 8.49. The van der Waals surface area contributed by atoms with Gasteiger partial charge in [0.15, 0.2) is 5.65 Å². The van der Waals surface area contributed by atoms with Crippen LogP contribution in [0.3, 0.4) is 0 Å². The largest absolute Gasteiger partial charge is 0.236 e. The van der Waals surface area contributed by atoms with Crippen molar-refractivity contribution in [3.63, 3.8) is 0 Å². The molecule has 0 aromatic carbocycles. The van der Waals surface area contributed by atoms with Crippen LogP contribution in [-0.4, -0.2) is 9.97 Å². The summed E-state index contributed by atoms with van der Waals surface area (Å²) in [6.07, 6.45) is 1.87. The molecule has 2 heterocycles. The van der Waals surface area contributed by atoms with E-state index in [1.165, 1.54) is 16.5 Å². The quantitative estimate of drug-likeness (QED) is 0.705. The zero-order chi connectivity index (χ0) is 11.0. The molecule has 0 atom stereocenters. The third-order valence-corrected chi connectivity index (χ3v) is 2.62. The summed E-state index contributed by atoms with van der Waals surface area (Å²) in [5.74, 6) is 0.455. The van der Waals surface area contributed by atoms with Crippen LogP contribution in [0.5, 0.6) is 0 Å². The molecule has 2 rings (SSSR count). The van der Waals surface area contributed by atoms with Gasteiger partial charge < -0.3 is 0 Å². The number of rotatable bonds is 1. The third-order valence-electron chi connectivity index (χ3n) is 2.62. The Hall–Kier alpha value is -1.44. The minimum atomic E-state index is 0.455. The number of hydrogen-bond acceptors (Lipinski definition) is 2. The fraction of sp³-hybridized carbons (Fsp3) is 0.385. The Morgan fingerprint density at radius 1 is 1.13 bits per heavy atom. The summed E-state index contributed by atoms with van der Waals surface area (Å²) in [7, 11) is 0. The minimum absolute atomic E-state index is 0.455. The number of pyridine rings is 2. The highest BCUT2D eigenvalue weighted by atomic mass is 14.8. The van der Waals surface area contributed by atoms with Gasteiger partial charge in [-0.2, -0.15) is 0 Å². The van der Waals surface area contributed by atoms with Crippen molar-refractivity contribution in [3.05, 3.63) is 35.2 Å². The van der Waals surface area contributed by atoms with Crippen molar-refractivity contribution in [2.24, 2.45) is 0 Å². The monoisotopic (exact) mass is 200 g/mol. The Bertz CT molecular complexity index is 501. The molecule has 2 aromatic rings. The van der Waals surface area contributed by atoms with Crippen LogP contribution in [0.1, 0.15) is 36.6 Å². The molecule has 0 saturated heterocycles. The summed E-state index contributed by atoms with van der Waals surface area (Å²) in [5.41, 5.74) is 4.44. The molecule has 0 amide bonds. The molecule has 0 unspecified atom stereocenters. The fourth-order valence-corrected chi connectivity index (χ4v) is 1.69. The molecule has 0 radical (unpaired) electrons. The average molecular weight is 200 g/mol. The summed E-state index contributed by atoms with van der Waals surface area (Å²) < 4.78 is 0. The van der Waals surface area contributed by atoms with Crippen LogP contribution in [0.15, 0.2) is 18.3 Å². The predicted molar refractivity (Wildman–Crippen MR) is 63.1 cm³/mol. The van der Waals surface area contributed by atoms with Gasteiger partial charge in [0.05, 0.1) is 0 Å². The van der Waals surface area contributed by atoms with Gasteiger partial charge in [0, 0.05) is 17.3 Å². The second kappa shape index (κ2) is 3.61. The first-order valence-electron chi connectivity index (χ1n) is 5.32. The molecule has 2 aromatic heterocycles. The minimum Gasteiger partial charge on any atom is -0.236 e. The first-order valence-corrected chi connectivity index (χ1v) is 5.32. The van der Waals surface area contributed by atoms with Crippen molar-refractivity contribution in [3.8, 4) is 0 Å². The molecule has 0 aliphatic carbocycles. The summed E-state index contributed by atoms with van der Waals surface area (Å²) in [5, 5.41) is 1.17. The van der Waals surface area contributed by atoms with E-state index in [-0.39, 0.29) is 0 Å². The highest BCUT2D eigenvalue weighted by molar-refractivity contribution is 5.79. The predicted octanol–water partition coefficient (Wildman–Crippen LogP) is 3.37. The summed E-state index contributed by atoms with van der Waals surface area (Å²) in [4.78, 5) is 8.94. The number of aromatic nitrogens is 2. The highest BCUT2D eigenvalue weighted by Crippen LogP contribution is 2.20. The Labute approximate surface area is 90.4 Å². The Kier molecular flexibility index (Phi) is 2.43. The van der Waals surface area contributed by atoms with Crippen molar-refractivity contribution < 1.29 is 0 Å². The lowest BCUT2D eigenvalue weighted by Gasteiger charge is -2.08. The van der Waals surface area contributed by atoms with Gasteiger partial charge in [0.1, 0.15) is 0 Å². The van der Waals surface area contributed by atoms with Crippen LogP contribution < -0.4 is 0 Å². The van der Waals surface area contributed by atoms with Gasteiger partial charge in [-0.05, 0) is 43.0 Å². The number of hydrogen-bond donors (Lipinski definition) is 0. The first kappa shape index (κ1) is 10.1. The van der Waals surface area contributed by atoms with Gasteiger partial charge in [-0.3, -0.25) is 0 Å². The van der Waals surface area contributed by atoms with Crippen molar-refractivity contribution in [1.29, 1.82) is 0 Å². The fourth-order valence-electron chi connectivity index (χ4n) is 1.69. The van der Waals surface area contributed by atoms with Crippen molar-refractivity contribution in [2.45, 2.75) is 33.6 Å². The molecule has 0 aliphatic heterocycles. The molecular formula is C13H16N2. The van der Waals surface area contributed by atoms with Crippen LogP contribution in [0, 0.1) is 13.8 Å². The normalized spacial score (nSPS) is 11.3. The van der Waals surface area contributed by atoms with Gasteiger partial charge in [-0.1, -0.05) is 13.8 Å². The molecule has 0 N–H and O–H groups in total. The summed E-state index contributed by atoms with van der Waals surface area (Å²) >= 11 is 0. The number of aryl methyl sites for hydroxylation is 2. The van der Waals surface area contributed by atoms with Crippen LogP contribution >= 0.6 is 0 Å². The van der Waals surface area contributed by atoms with Gasteiger partial charge in [0.2, 0.25) is 0 Å². The van der Waals surface area contributed by atoms with Crippen molar-refractivity contribution >= 4 is 11.0 Å². The Balaban J connectivity index is 2.73. The molecule has 0 bridgehead atoms. The van der Waals surface area contributed by atoms with Crippen LogP contribution in [0.2, 0.25) is 0 Å². The molecule has 0 spiro atoms. The molecule has 2 nitrogen and oxygen atoms in total. The van der Waals surface area contributed by atoms with Crippen LogP contribution in [-0.2, 0) is 0 Å². The molecule has 15 heavy (non-hydrogen) atoms. The SMILES string of the molecule is Cc1cnc2nc(C(C)C)cc(C)c2c1. The molecule has 78 valence electrons. The maximum absolute atomic E-state index is 4.57. The lowest BCUT2D eigenvalue weighted by atomic mass is 10.0. The van der Waals surface area contributed by atoms with Gasteiger partial charge >= 0.3 is 0 Å². The van der Waals surface area contributed by atoms with Crippen molar-refractivity contribution in [1.82, 2.24) is 9.97 Å². The second-order valence-electron chi connectivity index (χ2n) is 4.40. The standard InChI is InChI=1S/C13H16N2/c1-8(2)12-6-10(4)11-5-9(3)7-14-13(11)15-12/h5-8H,1-4H3. The maximum Gasteiger partial charge on any atom is 0.159 e. The van der Waals surface area contributed by atoms with E-state index < -0.39 is 0 Å². The third kappa shape index (κ3) is 1.84. The zero-order valence-electron chi connectivity index (χ0n) is 9.70. The first-order chi connectivity index (χ1) is 7.08. The van der Waals surface area contributed by atoms with Crippen LogP contribution in [0.25, 0.3) is 11.0 Å². The number of nitrogens with zero attached hydrogens (tertiary/aromatic N) is 2. The summed E-state index contributed by atoms with van der Waals surface area (Å²) in [6, 6.07) is 4.31. The van der Waals surface area contributed by atoms with Gasteiger partial charge in [-0.25, -0.2) is 9.97 Å². The van der Waals surface area contributed by atoms with E-state index in [0.717, 1.165) is 11.3 Å². The number of fused-ring (bicyclic) bond motifs is 1. The van der Waals surface area contributed by atoms with Gasteiger partial charge in [-0.15, -0.1) is 0 Å². The van der Waals surface area contributed by atoms with E-state index in [4.69, 9.17) is 0 Å². The maximum atomic E-state index is 4.57. The molecule has 0 aliphatic rings. The van der Waals surface area contributed by atoms with Crippen molar-refractivity contribution in [2.75, 3.05) is 0 Å². The van der Waals surface area contributed by atoms with E-state index in [1.54, 1.807) is 0 Å². The smallest absolute Gasteiger partial charge is 0.159 e. The van der Waals surface area contributed by atoms with E-state index in [0.29, 0.717) is 5.92 Å². The average Bonchev–Trinajstić information content (AvgIpc) is 2.18. The molecule has 2 heteroatoms. The molecule has 0 saturated carbocycles. The van der Waals surface area contributed by atoms with E-state index in [1.807, 2.05) is 6.20 Å². The topological polar surface area (TPSA) is 25.8 Å². The zero-order valence-corrected chi connectivity index (χ0v) is 9.70. The molecular weight excluding hydrogens is 184 g/mol.